The highest BCUT2D eigenvalue weighted by molar-refractivity contribution is 5.52. The molecule has 0 radical (unpaired) electrons. The summed E-state index contributed by atoms with van der Waals surface area (Å²) in [5.74, 6) is 2.28. The van der Waals surface area contributed by atoms with Crippen molar-refractivity contribution in [1.29, 1.82) is 0 Å². The van der Waals surface area contributed by atoms with Crippen LogP contribution < -0.4 is 10.1 Å². The molecule has 1 aromatic rings. The third-order valence-corrected chi connectivity index (χ3v) is 3.37. The van der Waals surface area contributed by atoms with Gasteiger partial charge in [-0.15, -0.1) is 0 Å². The molecule has 2 N–H and O–H groups in total. The summed E-state index contributed by atoms with van der Waals surface area (Å²) in [6.45, 7) is 8.45. The van der Waals surface area contributed by atoms with E-state index in [-0.39, 0.29) is 6.10 Å². The number of hydrogen-bond donors (Lipinski definition) is 2. The summed E-state index contributed by atoms with van der Waals surface area (Å²) in [5, 5.41) is 12.9. The summed E-state index contributed by atoms with van der Waals surface area (Å²) in [7, 11) is 1.60. The van der Waals surface area contributed by atoms with Crippen molar-refractivity contribution < 1.29 is 9.84 Å². The number of aliphatic hydroxyl groups is 1. The van der Waals surface area contributed by atoms with E-state index >= 15 is 0 Å². The van der Waals surface area contributed by atoms with Crippen LogP contribution in [0, 0.1) is 5.92 Å². The molecule has 5 heteroatoms. The van der Waals surface area contributed by atoms with Crippen molar-refractivity contribution in [2.75, 3.05) is 19.0 Å². The molecule has 0 bridgehead atoms. The number of rotatable bonds is 10. The van der Waals surface area contributed by atoms with Crippen LogP contribution in [0.3, 0.4) is 0 Å². The van der Waals surface area contributed by atoms with Crippen molar-refractivity contribution in [3.63, 3.8) is 0 Å². The molecule has 1 aromatic heterocycles. The Morgan fingerprint density at radius 2 is 2.29 bits per heavy atom. The Bertz CT molecular complexity index is 436. The van der Waals surface area contributed by atoms with Gasteiger partial charge in [-0.05, 0) is 31.8 Å². The molecule has 0 aromatic carbocycles. The number of hydrogen-bond acceptors (Lipinski definition) is 5. The van der Waals surface area contributed by atoms with Gasteiger partial charge < -0.3 is 15.2 Å². The van der Waals surface area contributed by atoms with E-state index in [0.717, 1.165) is 32.2 Å². The molecule has 0 saturated heterocycles. The van der Waals surface area contributed by atoms with Crippen molar-refractivity contribution in [2.24, 2.45) is 5.92 Å². The third-order valence-electron chi connectivity index (χ3n) is 3.37. The number of aliphatic hydroxyl groups excluding tert-OH is 1. The predicted molar refractivity (Wildman–Crippen MR) is 86.5 cm³/mol. The average Bonchev–Trinajstić information content (AvgIpc) is 2.49. The van der Waals surface area contributed by atoms with Gasteiger partial charge in [0.2, 0.25) is 0 Å². The zero-order valence-corrected chi connectivity index (χ0v) is 13.3. The second-order valence-corrected chi connectivity index (χ2v) is 5.32. The average molecular weight is 293 g/mol. The Morgan fingerprint density at radius 1 is 1.52 bits per heavy atom. The molecule has 1 heterocycles. The molecule has 21 heavy (non-hydrogen) atoms. The van der Waals surface area contributed by atoms with E-state index in [1.807, 2.05) is 6.92 Å². The minimum absolute atomic E-state index is 0.287. The first-order valence-corrected chi connectivity index (χ1v) is 7.56. The Balaban J connectivity index is 2.70. The van der Waals surface area contributed by atoms with Gasteiger partial charge in [-0.25, -0.2) is 9.97 Å². The van der Waals surface area contributed by atoms with Gasteiger partial charge in [0.05, 0.1) is 19.4 Å². The van der Waals surface area contributed by atoms with Gasteiger partial charge in [0, 0.05) is 6.54 Å². The molecule has 118 valence electrons. The lowest BCUT2D eigenvalue weighted by Crippen LogP contribution is -2.20. The van der Waals surface area contributed by atoms with Gasteiger partial charge in [0.1, 0.15) is 0 Å². The minimum Gasteiger partial charge on any atom is -0.491 e. The third kappa shape index (κ3) is 6.12. The Kier molecular flexibility index (Phi) is 7.75. The molecule has 0 fully saturated rings. The van der Waals surface area contributed by atoms with Gasteiger partial charge in [0.15, 0.2) is 17.4 Å². The number of nitrogens with one attached hydrogen (secondary N) is 1. The maximum Gasteiger partial charge on any atom is 0.179 e. The van der Waals surface area contributed by atoms with Crippen LogP contribution in [0.2, 0.25) is 0 Å². The van der Waals surface area contributed by atoms with Gasteiger partial charge in [-0.2, -0.15) is 0 Å². The molecule has 5 nitrogen and oxygen atoms in total. The lowest BCUT2D eigenvalue weighted by molar-refractivity contribution is 0.159. The van der Waals surface area contributed by atoms with Crippen molar-refractivity contribution in [2.45, 2.75) is 45.6 Å². The molecular formula is C16H27N3O2. The lowest BCUT2D eigenvalue weighted by Gasteiger charge is -2.20. The molecule has 0 aliphatic rings. The standard InChI is InChI=1S/C16H27N3O2/c1-5-7-8-13(9-12(3)20)10-18-16-14(21-4)11-17-15(6-2)19-16/h6,11-13,20H,2,5,7-10H2,1,3-4H3,(H,17,18,19)/t12-,13+/m1/s1. The van der Waals surface area contributed by atoms with Crippen LogP contribution >= 0.6 is 0 Å². The fourth-order valence-electron chi connectivity index (χ4n) is 2.28. The summed E-state index contributed by atoms with van der Waals surface area (Å²) in [6, 6.07) is 0. The smallest absolute Gasteiger partial charge is 0.179 e. The van der Waals surface area contributed by atoms with Crippen molar-refractivity contribution in [3.8, 4) is 5.75 Å². The molecule has 1 rings (SSSR count). The topological polar surface area (TPSA) is 67.3 Å². The lowest BCUT2D eigenvalue weighted by atomic mass is 9.96. The van der Waals surface area contributed by atoms with Crippen LogP contribution in [-0.4, -0.2) is 34.8 Å². The number of unbranched alkanes of at least 4 members (excludes halogenated alkanes) is 1. The van der Waals surface area contributed by atoms with E-state index in [0.29, 0.717) is 23.3 Å². The zero-order chi connectivity index (χ0) is 15.7. The normalized spacial score (nSPS) is 13.5. The van der Waals surface area contributed by atoms with E-state index in [4.69, 9.17) is 4.74 Å². The number of ether oxygens (including phenoxy) is 1. The summed E-state index contributed by atoms with van der Waals surface area (Å²) in [6.07, 6.45) is 7.16. The van der Waals surface area contributed by atoms with Crippen LogP contribution in [0.15, 0.2) is 12.8 Å². The fourth-order valence-corrected chi connectivity index (χ4v) is 2.28. The van der Waals surface area contributed by atoms with E-state index in [2.05, 4.69) is 28.8 Å². The summed E-state index contributed by atoms with van der Waals surface area (Å²) >= 11 is 0. The van der Waals surface area contributed by atoms with Gasteiger partial charge in [-0.3, -0.25) is 0 Å². The highest BCUT2D eigenvalue weighted by atomic mass is 16.5. The first-order chi connectivity index (χ1) is 10.1. The molecule has 0 saturated carbocycles. The van der Waals surface area contributed by atoms with Crippen molar-refractivity contribution >= 4 is 11.9 Å². The minimum atomic E-state index is -0.287. The van der Waals surface area contributed by atoms with Gasteiger partial charge >= 0.3 is 0 Å². The predicted octanol–water partition coefficient (Wildman–Crippen LogP) is 3.12. The van der Waals surface area contributed by atoms with E-state index in [9.17, 15) is 5.11 Å². The number of nitrogens with zero attached hydrogens (tertiary/aromatic N) is 2. The Morgan fingerprint density at radius 3 is 2.86 bits per heavy atom. The van der Waals surface area contributed by atoms with Crippen LogP contribution in [0.4, 0.5) is 5.82 Å². The van der Waals surface area contributed by atoms with Gasteiger partial charge in [0.25, 0.3) is 0 Å². The van der Waals surface area contributed by atoms with E-state index in [1.54, 1.807) is 19.4 Å². The molecule has 0 unspecified atom stereocenters. The van der Waals surface area contributed by atoms with Crippen LogP contribution in [0.25, 0.3) is 6.08 Å². The maximum absolute atomic E-state index is 9.61. The quantitative estimate of drug-likeness (QED) is 0.694. The molecule has 0 amide bonds. The molecule has 0 aliphatic heterocycles. The number of aromatic nitrogens is 2. The second kappa shape index (κ2) is 9.34. The first-order valence-electron chi connectivity index (χ1n) is 7.56. The molecule has 0 aliphatic carbocycles. The van der Waals surface area contributed by atoms with Crippen LogP contribution in [0.5, 0.6) is 5.75 Å². The SMILES string of the molecule is C=Cc1ncc(OC)c(NC[C@@H](CCCC)C[C@@H](C)O)n1. The Hall–Kier alpha value is -1.62. The maximum atomic E-state index is 9.61. The summed E-state index contributed by atoms with van der Waals surface area (Å²) in [5.41, 5.74) is 0. The number of methoxy groups -OCH3 is 1. The zero-order valence-electron chi connectivity index (χ0n) is 13.3. The highest BCUT2D eigenvalue weighted by Crippen LogP contribution is 2.22. The summed E-state index contributed by atoms with van der Waals surface area (Å²) in [4.78, 5) is 8.49. The van der Waals surface area contributed by atoms with Crippen molar-refractivity contribution in [3.05, 3.63) is 18.6 Å². The van der Waals surface area contributed by atoms with Gasteiger partial charge in [-0.1, -0.05) is 26.3 Å². The monoisotopic (exact) mass is 293 g/mol. The largest absolute Gasteiger partial charge is 0.491 e. The van der Waals surface area contributed by atoms with Crippen LogP contribution in [0.1, 0.15) is 45.4 Å². The fraction of sp³-hybridized carbons (Fsp3) is 0.625. The highest BCUT2D eigenvalue weighted by Gasteiger charge is 2.13. The molecule has 0 spiro atoms. The van der Waals surface area contributed by atoms with Crippen molar-refractivity contribution in [1.82, 2.24) is 9.97 Å². The molecular weight excluding hydrogens is 266 g/mol. The second-order valence-electron chi connectivity index (χ2n) is 5.32. The first kappa shape index (κ1) is 17.4. The van der Waals surface area contributed by atoms with Crippen LogP contribution in [-0.2, 0) is 0 Å². The van der Waals surface area contributed by atoms with E-state index in [1.165, 1.54) is 0 Å². The molecule has 2 atom stereocenters. The van der Waals surface area contributed by atoms with E-state index < -0.39 is 0 Å². The summed E-state index contributed by atoms with van der Waals surface area (Å²) < 4.78 is 5.27. The Labute approximate surface area is 127 Å². The number of anilines is 1.